The van der Waals surface area contributed by atoms with Crippen LogP contribution >= 0.6 is 11.8 Å². The van der Waals surface area contributed by atoms with Gasteiger partial charge in [0.1, 0.15) is 0 Å². The lowest BCUT2D eigenvalue weighted by Crippen LogP contribution is -2.45. The van der Waals surface area contributed by atoms with Crippen LogP contribution in [0, 0.1) is 0 Å². The number of thioether (sulfide) groups is 1. The summed E-state index contributed by atoms with van der Waals surface area (Å²) in [5, 5.41) is 3.66. The molecular formula is C14H20N2OS. The largest absolute Gasteiger partial charge is 0.374 e. The molecule has 2 atom stereocenters. The van der Waals surface area contributed by atoms with E-state index in [4.69, 9.17) is 4.74 Å². The third-order valence-corrected chi connectivity index (χ3v) is 4.82. The van der Waals surface area contributed by atoms with Gasteiger partial charge in [-0.3, -0.25) is 0 Å². The predicted octanol–water partition coefficient (Wildman–Crippen LogP) is 1.75. The van der Waals surface area contributed by atoms with Crippen LogP contribution in [0.3, 0.4) is 0 Å². The molecule has 0 radical (unpaired) electrons. The number of likely N-dealkylation sites (N-methyl/N-ethyl adjacent to an activating group) is 1. The zero-order chi connectivity index (χ0) is 12.4. The molecule has 3 nitrogen and oxygen atoms in total. The van der Waals surface area contributed by atoms with Gasteiger partial charge in [-0.15, -0.1) is 11.8 Å². The molecule has 0 aliphatic carbocycles. The number of morpholine rings is 1. The Labute approximate surface area is 113 Å². The first-order valence-corrected chi connectivity index (χ1v) is 7.57. The van der Waals surface area contributed by atoms with Crippen molar-refractivity contribution in [2.45, 2.75) is 17.0 Å². The van der Waals surface area contributed by atoms with Gasteiger partial charge in [0, 0.05) is 36.3 Å². The second-order valence-corrected chi connectivity index (χ2v) is 6.13. The number of nitrogens with zero attached hydrogens (tertiary/aromatic N) is 1. The molecule has 1 fully saturated rings. The van der Waals surface area contributed by atoms with Crippen LogP contribution in [0.1, 0.15) is 11.6 Å². The maximum Gasteiger partial charge on any atom is 0.0826 e. The molecule has 18 heavy (non-hydrogen) atoms. The smallest absolute Gasteiger partial charge is 0.0826 e. The van der Waals surface area contributed by atoms with Gasteiger partial charge in [0.25, 0.3) is 0 Å². The molecule has 98 valence electrons. The SMILES string of the molecule is CN1CCOC(CNC2CSc3ccccc32)C1. The van der Waals surface area contributed by atoms with Crippen LogP contribution in [0.5, 0.6) is 0 Å². The molecule has 3 rings (SSSR count). The summed E-state index contributed by atoms with van der Waals surface area (Å²) in [6.45, 7) is 3.90. The Morgan fingerprint density at radius 1 is 1.44 bits per heavy atom. The standard InChI is InChI=1S/C14H20N2OS/c1-16-6-7-17-11(9-16)8-15-13-10-18-14-5-3-2-4-12(13)14/h2-5,11,13,15H,6-10H2,1H3. The predicted molar refractivity (Wildman–Crippen MR) is 75.1 cm³/mol. The molecule has 0 spiro atoms. The van der Waals surface area contributed by atoms with Crippen LogP contribution in [0.15, 0.2) is 29.2 Å². The van der Waals surface area contributed by atoms with E-state index in [9.17, 15) is 0 Å². The maximum atomic E-state index is 5.79. The van der Waals surface area contributed by atoms with Gasteiger partial charge in [0.2, 0.25) is 0 Å². The summed E-state index contributed by atoms with van der Waals surface area (Å²) < 4.78 is 5.79. The van der Waals surface area contributed by atoms with E-state index in [0.29, 0.717) is 12.1 Å². The van der Waals surface area contributed by atoms with Crippen LogP contribution in [0.25, 0.3) is 0 Å². The van der Waals surface area contributed by atoms with Gasteiger partial charge >= 0.3 is 0 Å². The number of rotatable bonds is 3. The average molecular weight is 264 g/mol. The molecular weight excluding hydrogens is 244 g/mol. The summed E-state index contributed by atoms with van der Waals surface area (Å²) in [6.07, 6.45) is 0.335. The van der Waals surface area contributed by atoms with Crippen molar-refractivity contribution in [3.8, 4) is 0 Å². The second kappa shape index (κ2) is 5.61. The average Bonchev–Trinajstić information content (AvgIpc) is 2.80. The van der Waals surface area contributed by atoms with Crippen molar-refractivity contribution in [1.29, 1.82) is 0 Å². The number of nitrogens with one attached hydrogen (secondary N) is 1. The van der Waals surface area contributed by atoms with Crippen LogP contribution in [0.2, 0.25) is 0 Å². The van der Waals surface area contributed by atoms with Crippen molar-refractivity contribution in [1.82, 2.24) is 10.2 Å². The van der Waals surface area contributed by atoms with Gasteiger partial charge in [-0.1, -0.05) is 18.2 Å². The Kier molecular flexibility index (Phi) is 3.89. The van der Waals surface area contributed by atoms with E-state index in [1.165, 1.54) is 10.5 Å². The Bertz CT molecular complexity index is 413. The van der Waals surface area contributed by atoms with Crippen molar-refractivity contribution >= 4 is 11.8 Å². The monoisotopic (exact) mass is 264 g/mol. The Hall–Kier alpha value is -0.550. The fourth-order valence-corrected chi connectivity index (χ4v) is 3.79. The summed E-state index contributed by atoms with van der Waals surface area (Å²) >= 11 is 1.95. The number of ether oxygens (including phenoxy) is 1. The molecule has 2 unspecified atom stereocenters. The molecule has 4 heteroatoms. The van der Waals surface area contributed by atoms with Crippen LogP contribution in [-0.4, -0.2) is 50.0 Å². The van der Waals surface area contributed by atoms with Gasteiger partial charge in [0.15, 0.2) is 0 Å². The molecule has 1 aromatic carbocycles. The molecule has 1 N–H and O–H groups in total. The molecule has 0 bridgehead atoms. The Balaban J connectivity index is 1.55. The van der Waals surface area contributed by atoms with E-state index >= 15 is 0 Å². The minimum absolute atomic E-state index is 0.335. The van der Waals surface area contributed by atoms with Crippen molar-refractivity contribution in [3.63, 3.8) is 0 Å². The van der Waals surface area contributed by atoms with E-state index in [1.807, 2.05) is 11.8 Å². The highest BCUT2D eigenvalue weighted by atomic mass is 32.2. The zero-order valence-corrected chi connectivity index (χ0v) is 11.6. The summed E-state index contributed by atoms with van der Waals surface area (Å²) in [4.78, 5) is 3.77. The van der Waals surface area contributed by atoms with Gasteiger partial charge in [-0.25, -0.2) is 0 Å². The summed E-state index contributed by atoms with van der Waals surface area (Å²) in [5.41, 5.74) is 1.45. The Morgan fingerprint density at radius 2 is 2.33 bits per heavy atom. The first-order valence-electron chi connectivity index (χ1n) is 6.58. The molecule has 1 saturated heterocycles. The summed E-state index contributed by atoms with van der Waals surface area (Å²) in [5.74, 6) is 1.14. The third kappa shape index (κ3) is 2.72. The highest BCUT2D eigenvalue weighted by Gasteiger charge is 2.24. The van der Waals surface area contributed by atoms with Gasteiger partial charge in [0.05, 0.1) is 12.7 Å². The summed E-state index contributed by atoms with van der Waals surface area (Å²) in [6, 6.07) is 9.19. The lowest BCUT2D eigenvalue weighted by atomic mass is 10.1. The van der Waals surface area contributed by atoms with Crippen LogP contribution in [-0.2, 0) is 4.74 Å². The normalized spacial score (nSPS) is 28.3. The lowest BCUT2D eigenvalue weighted by molar-refractivity contribution is -0.0190. The maximum absolute atomic E-state index is 5.79. The first-order chi connectivity index (χ1) is 8.83. The first kappa shape index (κ1) is 12.5. The van der Waals surface area contributed by atoms with Crippen molar-refractivity contribution in [2.24, 2.45) is 0 Å². The fourth-order valence-electron chi connectivity index (χ4n) is 2.60. The highest BCUT2D eigenvalue weighted by molar-refractivity contribution is 7.99. The van der Waals surface area contributed by atoms with Crippen molar-refractivity contribution in [2.75, 3.05) is 39.0 Å². The molecule has 2 heterocycles. The van der Waals surface area contributed by atoms with Crippen molar-refractivity contribution < 1.29 is 4.74 Å². The highest BCUT2D eigenvalue weighted by Crippen LogP contribution is 2.37. The van der Waals surface area contributed by atoms with Gasteiger partial charge in [-0.05, 0) is 18.7 Å². The number of hydrogen-bond donors (Lipinski definition) is 1. The minimum atomic E-state index is 0.335. The van der Waals surface area contributed by atoms with Crippen molar-refractivity contribution in [3.05, 3.63) is 29.8 Å². The Morgan fingerprint density at radius 3 is 3.22 bits per heavy atom. The lowest BCUT2D eigenvalue weighted by Gasteiger charge is -2.31. The van der Waals surface area contributed by atoms with E-state index in [2.05, 4.69) is 41.5 Å². The van der Waals surface area contributed by atoms with Gasteiger partial charge < -0.3 is 15.0 Å². The topological polar surface area (TPSA) is 24.5 Å². The number of hydrogen-bond acceptors (Lipinski definition) is 4. The molecule has 0 saturated carbocycles. The molecule has 0 amide bonds. The number of benzene rings is 1. The summed E-state index contributed by atoms with van der Waals surface area (Å²) in [7, 11) is 2.16. The van der Waals surface area contributed by atoms with E-state index < -0.39 is 0 Å². The molecule has 0 aromatic heterocycles. The van der Waals surface area contributed by atoms with E-state index in [0.717, 1.165) is 32.0 Å². The van der Waals surface area contributed by atoms with E-state index in [1.54, 1.807) is 0 Å². The second-order valence-electron chi connectivity index (χ2n) is 5.06. The quantitative estimate of drug-likeness (QED) is 0.899. The molecule has 2 aliphatic heterocycles. The third-order valence-electron chi connectivity index (χ3n) is 3.63. The molecule has 2 aliphatic rings. The zero-order valence-electron chi connectivity index (χ0n) is 10.8. The van der Waals surface area contributed by atoms with Gasteiger partial charge in [-0.2, -0.15) is 0 Å². The number of fused-ring (bicyclic) bond motifs is 1. The molecule has 1 aromatic rings. The van der Waals surface area contributed by atoms with E-state index in [-0.39, 0.29) is 0 Å². The van der Waals surface area contributed by atoms with Crippen LogP contribution in [0.4, 0.5) is 0 Å². The fraction of sp³-hybridized carbons (Fsp3) is 0.571. The van der Waals surface area contributed by atoms with Crippen LogP contribution < -0.4 is 5.32 Å². The minimum Gasteiger partial charge on any atom is -0.374 e.